The lowest BCUT2D eigenvalue weighted by Crippen LogP contribution is -2.11. The van der Waals surface area contributed by atoms with Crippen molar-refractivity contribution in [2.24, 2.45) is 0 Å². The second-order valence-corrected chi connectivity index (χ2v) is 8.60. The van der Waals surface area contributed by atoms with Gasteiger partial charge in [-0.25, -0.2) is 9.78 Å². The average Bonchev–Trinajstić information content (AvgIpc) is 3.28. The number of esters is 1. The van der Waals surface area contributed by atoms with Gasteiger partial charge in [0.25, 0.3) is 0 Å². The Kier molecular flexibility index (Phi) is 5.17. The van der Waals surface area contributed by atoms with Crippen molar-refractivity contribution in [3.63, 3.8) is 0 Å². The maximum Gasteiger partial charge on any atom is 0.338 e. The molecule has 164 valence electrons. The monoisotopic (exact) mass is 464 g/mol. The first-order chi connectivity index (χ1) is 16.4. The summed E-state index contributed by atoms with van der Waals surface area (Å²) >= 11 is 6.33. The molecule has 6 nitrogen and oxygen atoms in total. The summed E-state index contributed by atoms with van der Waals surface area (Å²) in [4.78, 5) is 20.7. The van der Waals surface area contributed by atoms with Crippen LogP contribution in [0, 0.1) is 22.7 Å². The molecule has 0 aliphatic heterocycles. The SMILES string of the molecule is CC(C)OC(=O)c1ccc2c(c1)c1cc(Cl)ccc1c1[nH]c(-c3c(C#N)cccc3C#N)nc21. The number of nitrogens with one attached hydrogen (secondary N) is 1. The van der Waals surface area contributed by atoms with Crippen molar-refractivity contribution in [1.82, 2.24) is 9.97 Å². The van der Waals surface area contributed by atoms with E-state index in [2.05, 4.69) is 17.1 Å². The lowest BCUT2D eigenvalue weighted by atomic mass is 9.98. The quantitative estimate of drug-likeness (QED) is 0.242. The van der Waals surface area contributed by atoms with Crippen LogP contribution in [-0.4, -0.2) is 22.0 Å². The highest BCUT2D eigenvalue weighted by Gasteiger charge is 2.19. The Hall–Kier alpha value is -4.39. The number of carbonyl (C=O) groups is 1. The van der Waals surface area contributed by atoms with Crippen molar-refractivity contribution in [2.45, 2.75) is 20.0 Å². The van der Waals surface area contributed by atoms with Crippen LogP contribution in [0.5, 0.6) is 0 Å². The van der Waals surface area contributed by atoms with Crippen LogP contribution in [-0.2, 0) is 4.74 Å². The molecule has 0 unspecified atom stereocenters. The molecule has 7 heteroatoms. The summed E-state index contributed by atoms with van der Waals surface area (Å²) in [6, 6.07) is 20.2. The molecule has 0 saturated heterocycles. The molecule has 4 aromatic carbocycles. The Labute approximate surface area is 200 Å². The fourth-order valence-corrected chi connectivity index (χ4v) is 4.39. The highest BCUT2D eigenvalue weighted by molar-refractivity contribution is 6.33. The first-order valence-electron chi connectivity index (χ1n) is 10.6. The van der Waals surface area contributed by atoms with Crippen molar-refractivity contribution < 1.29 is 9.53 Å². The average molecular weight is 465 g/mol. The fraction of sp³-hybridized carbons (Fsp3) is 0.111. The molecule has 0 aliphatic carbocycles. The Balaban J connectivity index is 1.87. The van der Waals surface area contributed by atoms with Crippen molar-refractivity contribution in [2.75, 3.05) is 0 Å². The van der Waals surface area contributed by atoms with Gasteiger partial charge in [-0.3, -0.25) is 0 Å². The Bertz CT molecular complexity index is 1690. The first-order valence-corrected chi connectivity index (χ1v) is 11.0. The lowest BCUT2D eigenvalue weighted by Gasteiger charge is -2.10. The number of nitriles is 2. The first kappa shape index (κ1) is 21.5. The summed E-state index contributed by atoms with van der Waals surface area (Å²) in [6.07, 6.45) is -0.236. The van der Waals surface area contributed by atoms with Crippen molar-refractivity contribution in [3.8, 4) is 23.5 Å². The number of aromatic nitrogens is 2. The second-order valence-electron chi connectivity index (χ2n) is 8.17. The van der Waals surface area contributed by atoms with E-state index in [4.69, 9.17) is 21.3 Å². The van der Waals surface area contributed by atoms with Gasteiger partial charge in [-0.1, -0.05) is 29.8 Å². The molecule has 0 amide bonds. The normalized spacial score (nSPS) is 11.1. The summed E-state index contributed by atoms with van der Waals surface area (Å²) in [5.41, 5.74) is 3.01. The van der Waals surface area contributed by atoms with Crippen LogP contribution < -0.4 is 0 Å². The summed E-state index contributed by atoms with van der Waals surface area (Å²) in [6.45, 7) is 3.61. The zero-order valence-electron chi connectivity index (χ0n) is 18.3. The summed E-state index contributed by atoms with van der Waals surface area (Å²) in [7, 11) is 0. The number of imidazole rings is 1. The van der Waals surface area contributed by atoms with Gasteiger partial charge >= 0.3 is 5.97 Å². The molecule has 1 heterocycles. The molecule has 0 aliphatic rings. The third-order valence-corrected chi connectivity index (χ3v) is 5.88. The Morgan fingerprint density at radius 3 is 2.32 bits per heavy atom. The van der Waals surface area contributed by atoms with Gasteiger partial charge in [-0.05, 0) is 61.0 Å². The summed E-state index contributed by atoms with van der Waals surface area (Å²) < 4.78 is 5.37. The summed E-state index contributed by atoms with van der Waals surface area (Å²) in [5, 5.41) is 23.1. The van der Waals surface area contributed by atoms with E-state index >= 15 is 0 Å². The van der Waals surface area contributed by atoms with Crippen molar-refractivity contribution >= 4 is 50.1 Å². The molecule has 5 rings (SSSR count). The minimum absolute atomic E-state index is 0.236. The molecule has 34 heavy (non-hydrogen) atoms. The molecular weight excluding hydrogens is 448 g/mol. The molecule has 0 radical (unpaired) electrons. The number of hydrogen-bond acceptors (Lipinski definition) is 5. The van der Waals surface area contributed by atoms with Crippen LogP contribution in [0.15, 0.2) is 54.6 Å². The number of rotatable bonds is 3. The van der Waals surface area contributed by atoms with Crippen LogP contribution in [0.25, 0.3) is 44.0 Å². The largest absolute Gasteiger partial charge is 0.459 e. The maximum atomic E-state index is 12.6. The maximum absolute atomic E-state index is 12.6. The molecule has 1 N–H and O–H groups in total. The van der Waals surface area contributed by atoms with E-state index in [0.29, 0.717) is 38.6 Å². The topological polar surface area (TPSA) is 103 Å². The number of carbonyl (C=O) groups excluding carboxylic acids is 1. The molecular formula is C27H17ClN4O2. The standard InChI is InChI=1S/C27H17ClN4O2/c1-14(2)34-27(33)15-6-8-19-21(10-15)22-11-18(28)7-9-20(22)25-24(19)31-26(32-25)23-16(12-29)4-3-5-17(23)13-30/h3-11,14H,1-2H3,(H,31,32). The van der Waals surface area contributed by atoms with Gasteiger partial charge in [-0.2, -0.15) is 10.5 Å². The number of nitrogens with zero attached hydrogens (tertiary/aromatic N) is 3. The minimum Gasteiger partial charge on any atom is -0.459 e. The van der Waals surface area contributed by atoms with Gasteiger partial charge in [0.2, 0.25) is 0 Å². The molecule has 1 aromatic heterocycles. The molecule has 5 aromatic rings. The zero-order chi connectivity index (χ0) is 24.0. The molecule has 0 spiro atoms. The van der Waals surface area contributed by atoms with Gasteiger partial charge in [0.1, 0.15) is 5.82 Å². The van der Waals surface area contributed by atoms with E-state index in [1.807, 2.05) is 18.2 Å². The number of H-pyrrole nitrogens is 1. The Morgan fingerprint density at radius 2 is 1.65 bits per heavy atom. The van der Waals surface area contributed by atoms with Gasteiger partial charge < -0.3 is 9.72 Å². The van der Waals surface area contributed by atoms with Gasteiger partial charge in [-0.15, -0.1) is 0 Å². The van der Waals surface area contributed by atoms with Gasteiger partial charge in [0.05, 0.1) is 51.5 Å². The number of benzene rings is 4. The summed E-state index contributed by atoms with van der Waals surface area (Å²) in [5.74, 6) is 0.0206. The van der Waals surface area contributed by atoms with E-state index in [-0.39, 0.29) is 6.10 Å². The van der Waals surface area contributed by atoms with Crippen molar-refractivity contribution in [1.29, 1.82) is 10.5 Å². The van der Waals surface area contributed by atoms with Crippen LogP contribution in [0.3, 0.4) is 0 Å². The number of hydrogen-bond donors (Lipinski definition) is 1. The van der Waals surface area contributed by atoms with Crippen molar-refractivity contribution in [3.05, 3.63) is 76.3 Å². The van der Waals surface area contributed by atoms with E-state index in [9.17, 15) is 15.3 Å². The van der Waals surface area contributed by atoms with Gasteiger partial charge in [0.15, 0.2) is 0 Å². The van der Waals surface area contributed by atoms with Gasteiger partial charge in [0, 0.05) is 15.8 Å². The highest BCUT2D eigenvalue weighted by atomic mass is 35.5. The lowest BCUT2D eigenvalue weighted by molar-refractivity contribution is 0.0378. The zero-order valence-corrected chi connectivity index (χ0v) is 19.1. The molecule has 0 bridgehead atoms. The second kappa shape index (κ2) is 8.19. The minimum atomic E-state index is -0.406. The third kappa shape index (κ3) is 3.42. The van der Waals surface area contributed by atoms with Crippen LogP contribution in [0.2, 0.25) is 5.02 Å². The van der Waals surface area contributed by atoms with E-state index in [0.717, 1.165) is 27.1 Å². The van der Waals surface area contributed by atoms with Crippen LogP contribution in [0.4, 0.5) is 0 Å². The molecule has 0 fully saturated rings. The number of fused-ring (bicyclic) bond motifs is 6. The third-order valence-electron chi connectivity index (χ3n) is 5.64. The smallest absolute Gasteiger partial charge is 0.338 e. The van der Waals surface area contributed by atoms with E-state index in [1.165, 1.54) is 0 Å². The van der Waals surface area contributed by atoms with E-state index in [1.54, 1.807) is 50.2 Å². The highest BCUT2D eigenvalue weighted by Crippen LogP contribution is 2.38. The van der Waals surface area contributed by atoms with Crippen LogP contribution in [0.1, 0.15) is 35.3 Å². The number of ether oxygens (including phenoxy) is 1. The molecule has 0 atom stereocenters. The molecule has 0 saturated carbocycles. The predicted molar refractivity (Wildman–Crippen MR) is 132 cm³/mol. The fourth-order valence-electron chi connectivity index (χ4n) is 4.22. The predicted octanol–water partition coefficient (Wildman–Crippen LogP) is 6.50. The van der Waals surface area contributed by atoms with E-state index < -0.39 is 5.97 Å². The number of halogens is 1. The van der Waals surface area contributed by atoms with Crippen LogP contribution >= 0.6 is 11.6 Å². The number of aromatic amines is 1. The Morgan fingerprint density at radius 1 is 0.971 bits per heavy atom.